The van der Waals surface area contributed by atoms with Gasteiger partial charge in [0.25, 0.3) is 11.5 Å². The molecule has 32 heavy (non-hydrogen) atoms. The van der Waals surface area contributed by atoms with Gasteiger partial charge in [0.05, 0.1) is 13.2 Å². The number of nitrogens with zero attached hydrogens (tertiary/aromatic N) is 2. The highest BCUT2D eigenvalue weighted by atomic mass is 19.1. The van der Waals surface area contributed by atoms with E-state index in [-0.39, 0.29) is 31.2 Å². The summed E-state index contributed by atoms with van der Waals surface area (Å²) in [5.74, 6) is -1.08. The van der Waals surface area contributed by atoms with Crippen molar-refractivity contribution in [3.63, 3.8) is 0 Å². The number of hydrogen-bond donors (Lipinski definition) is 2. The van der Waals surface area contributed by atoms with Gasteiger partial charge in [-0.05, 0) is 29.3 Å². The summed E-state index contributed by atoms with van der Waals surface area (Å²) in [6, 6.07) is 14.7. The molecule has 0 aliphatic heterocycles. The fourth-order valence-electron chi connectivity index (χ4n) is 3.11. The van der Waals surface area contributed by atoms with Crippen molar-refractivity contribution in [3.05, 3.63) is 98.5 Å². The standard InChI is InChI=1S/C23H23FN4O4/c1-32-14-13-27(19(29)12-9-16-7-10-18(24)11-8-16)20-21(25)28(23(31)26-22(20)30)15-17-5-3-2-4-6-17/h2-12H,13-15,25H2,1H3,(H,26,30,31)/b12-9+. The molecule has 3 aromatic rings. The van der Waals surface area contributed by atoms with E-state index < -0.39 is 23.0 Å². The second-order valence-electron chi connectivity index (χ2n) is 6.93. The Morgan fingerprint density at radius 1 is 1.16 bits per heavy atom. The first-order valence-electron chi connectivity index (χ1n) is 9.81. The minimum Gasteiger partial charge on any atom is -0.383 e. The average Bonchev–Trinajstić information content (AvgIpc) is 2.79. The van der Waals surface area contributed by atoms with E-state index in [9.17, 15) is 18.8 Å². The van der Waals surface area contributed by atoms with Crippen molar-refractivity contribution in [1.82, 2.24) is 9.55 Å². The number of nitrogens with two attached hydrogens (primary N) is 1. The molecule has 0 saturated heterocycles. The van der Waals surface area contributed by atoms with Gasteiger partial charge in [-0.1, -0.05) is 42.5 Å². The summed E-state index contributed by atoms with van der Waals surface area (Å²) in [6.45, 7) is 0.278. The molecule has 0 bridgehead atoms. The molecule has 1 heterocycles. The number of aromatic amines is 1. The average molecular weight is 438 g/mol. The van der Waals surface area contributed by atoms with Gasteiger partial charge in [-0.2, -0.15) is 0 Å². The van der Waals surface area contributed by atoms with Crippen LogP contribution >= 0.6 is 0 Å². The Hall–Kier alpha value is -3.98. The first-order valence-corrected chi connectivity index (χ1v) is 9.81. The van der Waals surface area contributed by atoms with Crippen LogP contribution in [0.3, 0.4) is 0 Å². The number of hydrogen-bond acceptors (Lipinski definition) is 5. The Morgan fingerprint density at radius 3 is 2.50 bits per heavy atom. The summed E-state index contributed by atoms with van der Waals surface area (Å²) in [4.78, 5) is 41.4. The van der Waals surface area contributed by atoms with Gasteiger partial charge in [0.1, 0.15) is 11.6 Å². The molecule has 0 atom stereocenters. The minimum absolute atomic E-state index is 0.0277. The number of nitrogen functional groups attached to an aromatic ring is 1. The van der Waals surface area contributed by atoms with Crippen molar-refractivity contribution >= 4 is 23.5 Å². The lowest BCUT2D eigenvalue weighted by atomic mass is 10.2. The fraction of sp³-hybridized carbons (Fsp3) is 0.174. The fourth-order valence-corrected chi connectivity index (χ4v) is 3.11. The minimum atomic E-state index is -0.781. The molecule has 9 heteroatoms. The van der Waals surface area contributed by atoms with Gasteiger partial charge >= 0.3 is 5.69 Å². The number of carbonyl (C=O) groups excluding carboxylic acids is 1. The van der Waals surface area contributed by atoms with E-state index >= 15 is 0 Å². The monoisotopic (exact) mass is 438 g/mol. The van der Waals surface area contributed by atoms with E-state index in [4.69, 9.17) is 10.5 Å². The van der Waals surface area contributed by atoms with Gasteiger partial charge < -0.3 is 10.5 Å². The number of H-pyrrole nitrogens is 1. The molecule has 0 aliphatic rings. The largest absolute Gasteiger partial charge is 0.383 e. The highest BCUT2D eigenvalue weighted by Crippen LogP contribution is 2.18. The summed E-state index contributed by atoms with van der Waals surface area (Å²) in [6.07, 6.45) is 2.74. The number of aromatic nitrogens is 2. The molecule has 3 N–H and O–H groups in total. The lowest BCUT2D eigenvalue weighted by Gasteiger charge is -2.23. The van der Waals surface area contributed by atoms with Crippen LogP contribution in [0.5, 0.6) is 0 Å². The number of ether oxygens (including phenoxy) is 1. The third-order valence-electron chi connectivity index (χ3n) is 4.74. The number of nitrogens with one attached hydrogen (secondary N) is 1. The Morgan fingerprint density at radius 2 is 1.84 bits per heavy atom. The van der Waals surface area contributed by atoms with Gasteiger partial charge in [-0.25, -0.2) is 9.18 Å². The van der Waals surface area contributed by atoms with Gasteiger partial charge in [0.2, 0.25) is 0 Å². The second-order valence-corrected chi connectivity index (χ2v) is 6.93. The molecule has 166 valence electrons. The molecule has 8 nitrogen and oxygen atoms in total. The summed E-state index contributed by atoms with van der Waals surface area (Å²) >= 11 is 0. The molecular formula is C23H23FN4O4. The summed E-state index contributed by atoms with van der Waals surface area (Å²) < 4.78 is 19.4. The Labute approximate surface area is 183 Å². The lowest BCUT2D eigenvalue weighted by Crippen LogP contribution is -2.42. The summed E-state index contributed by atoms with van der Waals surface area (Å²) in [5.41, 5.74) is 6.00. The number of carbonyl (C=O) groups is 1. The van der Waals surface area contributed by atoms with Crippen LogP contribution in [0.15, 0.2) is 70.3 Å². The zero-order valence-corrected chi connectivity index (χ0v) is 17.5. The number of benzene rings is 2. The zero-order chi connectivity index (χ0) is 23.1. The number of methoxy groups -OCH3 is 1. The summed E-state index contributed by atoms with van der Waals surface area (Å²) in [5, 5.41) is 0. The van der Waals surface area contributed by atoms with Crippen LogP contribution in [0.2, 0.25) is 0 Å². The molecule has 1 aromatic heterocycles. The van der Waals surface area contributed by atoms with E-state index in [0.717, 1.165) is 10.5 Å². The maximum atomic E-state index is 13.1. The van der Waals surface area contributed by atoms with E-state index in [1.165, 1.54) is 48.1 Å². The van der Waals surface area contributed by atoms with Crippen molar-refractivity contribution in [2.45, 2.75) is 6.54 Å². The smallest absolute Gasteiger partial charge is 0.330 e. The maximum Gasteiger partial charge on any atom is 0.330 e. The number of halogens is 1. The van der Waals surface area contributed by atoms with E-state index in [1.807, 2.05) is 30.3 Å². The first kappa shape index (κ1) is 22.7. The quantitative estimate of drug-likeness (QED) is 0.523. The molecule has 0 fully saturated rings. The van der Waals surface area contributed by atoms with E-state index in [1.54, 1.807) is 0 Å². The normalized spacial score (nSPS) is 11.1. The number of rotatable bonds is 8. The highest BCUT2D eigenvalue weighted by molar-refractivity contribution is 6.05. The molecule has 3 rings (SSSR count). The van der Waals surface area contributed by atoms with E-state index in [2.05, 4.69) is 4.98 Å². The maximum absolute atomic E-state index is 13.1. The number of anilines is 2. The van der Waals surface area contributed by atoms with Crippen molar-refractivity contribution in [3.8, 4) is 0 Å². The van der Waals surface area contributed by atoms with Crippen LogP contribution in [0.4, 0.5) is 15.9 Å². The lowest BCUT2D eigenvalue weighted by molar-refractivity contribution is -0.114. The van der Waals surface area contributed by atoms with Crippen LogP contribution < -0.4 is 21.9 Å². The topological polar surface area (TPSA) is 110 Å². The van der Waals surface area contributed by atoms with Crippen LogP contribution in [0, 0.1) is 5.82 Å². The third kappa shape index (κ3) is 5.38. The molecule has 0 saturated carbocycles. The predicted octanol–water partition coefficient (Wildman–Crippen LogP) is 2.00. The molecular weight excluding hydrogens is 415 g/mol. The van der Waals surface area contributed by atoms with Crippen LogP contribution in [-0.2, 0) is 16.1 Å². The van der Waals surface area contributed by atoms with Gasteiger partial charge in [0.15, 0.2) is 5.69 Å². The molecule has 0 unspecified atom stereocenters. The zero-order valence-electron chi connectivity index (χ0n) is 17.5. The van der Waals surface area contributed by atoms with Crippen LogP contribution in [0.1, 0.15) is 11.1 Å². The van der Waals surface area contributed by atoms with Crippen molar-refractivity contribution < 1.29 is 13.9 Å². The van der Waals surface area contributed by atoms with Crippen LogP contribution in [-0.4, -0.2) is 35.7 Å². The van der Waals surface area contributed by atoms with E-state index in [0.29, 0.717) is 5.56 Å². The van der Waals surface area contributed by atoms with Gasteiger partial charge in [0, 0.05) is 19.7 Å². The Kier molecular flexibility index (Phi) is 7.35. The number of amides is 1. The Bertz CT molecular complexity index is 1220. The highest BCUT2D eigenvalue weighted by Gasteiger charge is 2.23. The second kappa shape index (κ2) is 10.4. The van der Waals surface area contributed by atoms with Crippen LogP contribution in [0.25, 0.3) is 6.08 Å². The molecule has 0 aliphatic carbocycles. The molecule has 2 aromatic carbocycles. The van der Waals surface area contributed by atoms with Gasteiger partial charge in [-0.15, -0.1) is 0 Å². The molecule has 0 spiro atoms. The predicted molar refractivity (Wildman–Crippen MR) is 121 cm³/mol. The van der Waals surface area contributed by atoms with Crippen molar-refractivity contribution in [1.29, 1.82) is 0 Å². The van der Waals surface area contributed by atoms with Crippen molar-refractivity contribution in [2.75, 3.05) is 30.9 Å². The SMILES string of the molecule is COCCN(C(=O)/C=C/c1ccc(F)cc1)c1c(N)n(Cc2ccccc2)c(=O)[nH]c1=O. The van der Waals surface area contributed by atoms with Gasteiger partial charge in [-0.3, -0.25) is 24.0 Å². The Balaban J connectivity index is 2.00. The summed E-state index contributed by atoms with van der Waals surface area (Å²) in [7, 11) is 1.46. The molecule has 0 radical (unpaired) electrons. The third-order valence-corrected chi connectivity index (χ3v) is 4.74. The first-order chi connectivity index (χ1) is 15.4. The molecule has 1 amide bonds. The van der Waals surface area contributed by atoms with Crippen molar-refractivity contribution in [2.24, 2.45) is 0 Å².